The Hall–Kier alpha value is -12.8. The van der Waals surface area contributed by atoms with Crippen molar-refractivity contribution in [3.63, 3.8) is 0 Å². The number of anilines is 4. The molecule has 0 bridgehead atoms. The molecule has 8 amide bonds. The van der Waals surface area contributed by atoms with E-state index in [4.69, 9.17) is 34.9 Å². The van der Waals surface area contributed by atoms with Gasteiger partial charge in [0.15, 0.2) is 10.8 Å². The van der Waals surface area contributed by atoms with E-state index < -0.39 is 106 Å². The number of thiazole rings is 3. The van der Waals surface area contributed by atoms with E-state index in [0.717, 1.165) is 84.6 Å². The van der Waals surface area contributed by atoms with Crippen LogP contribution in [0.3, 0.4) is 0 Å². The summed E-state index contributed by atoms with van der Waals surface area (Å²) < 4.78 is 42.2. The molecule has 50 heteroatoms. The Labute approximate surface area is 804 Å². The molecule has 0 saturated carbocycles. The van der Waals surface area contributed by atoms with Crippen LogP contribution in [0.5, 0.6) is 0 Å². The van der Waals surface area contributed by atoms with Crippen LogP contribution in [0, 0.1) is 0 Å². The van der Waals surface area contributed by atoms with Crippen LogP contribution in [0.1, 0.15) is 151 Å². The number of methoxy groups -OCH3 is 5. The standard InChI is InChI=1S/C27H31N3O3S.C14H23N3O6.C14H21N3O4S.C13H19N3O4S.C6H9NO4.C5H7NO5.C3H3ClO3.C3H7NO.ClH/c1-27(2,3)33-26(32)29-22-13-12-20(19-10-6-4-7-11-19)16-21(22)17-23(31)25-28-18-24(34-25)30-14-8-5-9-15-30;1-14(2,3)23-13(21)17-7-5-16(6-8-17)10(18)9-15-11(19)12(20)22-4;1-14(2,3)21-13(19)17-7-5-16(6-8-17)10-9-15-11(22-10)12(18)20-4;1-13(2,3)20-12(19)16-6-4-15(5-7-16)9-8-14-10(21-9)11(17)18;1-4(8)3-7-5(9)6(10)11-2;1-11-5(10)4(9)6-2-3(7)8;1-7-3(6)2(4)5;1-3(5)2-4;/h4,6-7,10-13,16,18H,5,8-9,14-15,17H2,1-3H3,(H,29,32);5-9H2,1-4H3,(H,15,19);9H,5-8H2,1-4H3;8H,4-7H2,1-3H3,(H,17,18);3H2,1-2H3,(H,7,9);2H2,1H3,(H,6,9)(H,7,8);1H3;2,4H2,1H3;1H. The van der Waals surface area contributed by atoms with Crippen molar-refractivity contribution in [1.82, 2.24) is 50.5 Å². The van der Waals surface area contributed by atoms with Gasteiger partial charge in [0.25, 0.3) is 0 Å². The number of aromatic carboxylic acids is 1. The molecule has 9 rings (SSSR count). The zero-order chi connectivity index (χ0) is 102. The number of benzene rings is 2. The number of carbonyl (C=O) groups is 19. The summed E-state index contributed by atoms with van der Waals surface area (Å²) >= 11 is 8.51. The lowest BCUT2D eigenvalue weighted by molar-refractivity contribution is -0.153. The molecular weight excluding hydrogens is 1880 g/mol. The van der Waals surface area contributed by atoms with Crippen LogP contribution in [0.4, 0.5) is 39.9 Å². The van der Waals surface area contributed by atoms with E-state index in [9.17, 15) is 91.1 Å². The van der Waals surface area contributed by atoms with Crippen molar-refractivity contribution in [1.29, 1.82) is 0 Å². The number of aliphatic carboxylic acids is 1. The molecule has 4 fully saturated rings. The summed E-state index contributed by atoms with van der Waals surface area (Å²) in [5.41, 5.74) is 5.97. The number of piperazine rings is 3. The first-order valence-corrected chi connectivity index (χ1v) is 44.1. The number of Topliss-reactive ketones (excluding diaryl/α,β-unsaturated/α-hetero) is 3. The molecule has 2 aromatic carbocycles. The number of nitrogens with two attached hydrogens (primary N) is 1. The van der Waals surface area contributed by atoms with Gasteiger partial charge in [-0.1, -0.05) is 70.4 Å². The van der Waals surface area contributed by atoms with Gasteiger partial charge in [-0.2, -0.15) is 0 Å². The number of ether oxygens (including phenoxy) is 9. The van der Waals surface area contributed by atoms with Gasteiger partial charge in [0.1, 0.15) is 55.5 Å². The minimum absolute atomic E-state index is 0. The second kappa shape index (κ2) is 59.7. The van der Waals surface area contributed by atoms with Crippen molar-refractivity contribution < 1.29 is 144 Å². The Balaban J connectivity index is 0.000000815. The average Bonchev–Trinajstić information content (AvgIpc) is 1.71. The third kappa shape index (κ3) is 48.6. The van der Waals surface area contributed by atoms with E-state index in [1.165, 1.54) is 72.7 Å². The van der Waals surface area contributed by atoms with Crippen LogP contribution in [-0.2, 0) is 107 Å². The SMILES string of the molecule is CC(=O)CN.CC(C)(C)OC(=O)N1CCN(c2cnc(C(=O)O)s2)CC1.CC(C)(C)OC(=O)Nc1ccc(-c2ccccc2)cc1CC(=O)c1ncc(N2CCCCC2)s1.COC(=O)C(=O)Cl.COC(=O)C(=O)NCC(=O)N1CCN(C(=O)OC(C)(C)C)CC1.COC(=O)C(=O)NCC(=O)O.COC(=O)C(=O)NCC(C)=O.COC(=O)c1ncc(N2CCN(C(=O)OC(C)(C)C)CC2)s1.Cl. The molecule has 0 atom stereocenters. The molecule has 8 N–H and O–H groups in total. The fraction of sp³-hybridized carbons (Fsp3) is 0.529. The number of hydrogen-bond acceptors (Lipinski definition) is 38. The van der Waals surface area contributed by atoms with Crippen molar-refractivity contribution in [3.8, 4) is 11.1 Å². The van der Waals surface area contributed by atoms with Crippen LogP contribution in [-0.4, -0.2) is 333 Å². The first-order valence-electron chi connectivity index (χ1n) is 41.2. The average molecular weight is 2000 g/mol. The monoisotopic (exact) mass is 2000 g/mol. The third-order valence-electron chi connectivity index (χ3n) is 16.9. The van der Waals surface area contributed by atoms with Crippen LogP contribution < -0.4 is 41.7 Å². The largest absolute Gasteiger partial charge is 0.480 e. The molecule has 7 heterocycles. The first kappa shape index (κ1) is 120. The van der Waals surface area contributed by atoms with Gasteiger partial charge >= 0.3 is 89.1 Å². The molecule has 0 aliphatic carbocycles. The number of carbonyl (C=O) groups excluding carboxylic acids is 17. The normalized spacial score (nSPS) is 13.2. The van der Waals surface area contributed by atoms with E-state index in [2.05, 4.69) is 76.0 Å². The van der Waals surface area contributed by atoms with Gasteiger partial charge in [-0.25, -0.2) is 62.9 Å². The summed E-state index contributed by atoms with van der Waals surface area (Å²) in [6, 6.07) is 15.7. The fourth-order valence-corrected chi connectivity index (χ4v) is 13.3. The summed E-state index contributed by atoms with van der Waals surface area (Å²) in [5, 5.41) is 28.4. The number of carboxylic acid groups (broad SMARTS) is 2. The number of carboxylic acids is 2. The van der Waals surface area contributed by atoms with Gasteiger partial charge in [0, 0.05) is 104 Å². The van der Waals surface area contributed by atoms with Crippen molar-refractivity contribution in [2.24, 2.45) is 5.73 Å². The fourth-order valence-electron chi connectivity index (χ4n) is 10.6. The molecular formula is C85H121Cl2N15O30S3. The number of hydrogen-bond donors (Lipinski definition) is 7. The number of aromatic nitrogens is 3. The highest BCUT2D eigenvalue weighted by atomic mass is 35.5. The topological polar surface area (TPSA) is 583 Å². The predicted octanol–water partition coefficient (Wildman–Crippen LogP) is 6.92. The van der Waals surface area contributed by atoms with Gasteiger partial charge in [-0.05, 0) is 157 Å². The molecule has 0 radical (unpaired) electrons. The van der Waals surface area contributed by atoms with Crippen molar-refractivity contribution >= 4 is 191 Å². The maximum atomic E-state index is 13.2. The molecule has 4 aliphatic heterocycles. The van der Waals surface area contributed by atoms with E-state index in [-0.39, 0.29) is 78.9 Å². The van der Waals surface area contributed by atoms with E-state index >= 15 is 0 Å². The highest BCUT2D eigenvalue weighted by molar-refractivity contribution is 7.18. The Morgan fingerprint density at radius 1 is 0.430 bits per heavy atom. The maximum absolute atomic E-state index is 13.2. The van der Waals surface area contributed by atoms with Crippen molar-refractivity contribution in [2.75, 3.05) is 173 Å². The molecule has 135 heavy (non-hydrogen) atoms. The highest BCUT2D eigenvalue weighted by Crippen LogP contribution is 2.32. The number of esters is 5. The van der Waals surface area contributed by atoms with Gasteiger partial charge in [-0.15, -0.1) is 12.4 Å². The Bertz CT molecular complexity index is 4760. The number of amides is 8. The van der Waals surface area contributed by atoms with E-state index in [0.29, 0.717) is 94.2 Å². The highest BCUT2D eigenvalue weighted by Gasteiger charge is 2.33. The van der Waals surface area contributed by atoms with E-state index in [1.807, 2.05) is 127 Å². The quantitative estimate of drug-likeness (QED) is 0.0154. The number of ketones is 3. The maximum Gasteiger partial charge on any atom is 0.412 e. The van der Waals surface area contributed by atoms with Gasteiger partial charge in [0.2, 0.25) is 15.9 Å². The molecule has 0 unspecified atom stereocenters. The number of rotatable bonds is 18. The Kier molecular flexibility index (Phi) is 53.2. The predicted molar refractivity (Wildman–Crippen MR) is 498 cm³/mol. The van der Waals surface area contributed by atoms with Gasteiger partial charge in [-0.3, -0.25) is 48.5 Å². The van der Waals surface area contributed by atoms with Gasteiger partial charge in [0.05, 0.1) is 73.8 Å². The van der Waals surface area contributed by atoms with Gasteiger partial charge < -0.3 is 109 Å². The van der Waals surface area contributed by atoms with Crippen LogP contribution in [0.25, 0.3) is 11.1 Å². The summed E-state index contributed by atoms with van der Waals surface area (Å²) in [7, 11) is 5.63. The second-order valence-electron chi connectivity index (χ2n) is 32.4. The molecule has 748 valence electrons. The summed E-state index contributed by atoms with van der Waals surface area (Å²) in [6.07, 6.45) is 7.23. The molecule has 4 aliphatic rings. The van der Waals surface area contributed by atoms with E-state index in [1.54, 1.807) is 43.0 Å². The zero-order valence-corrected chi connectivity index (χ0v) is 82.8. The number of piperidine rings is 1. The first-order chi connectivity index (χ1) is 62.6. The van der Waals surface area contributed by atoms with Crippen LogP contribution >= 0.6 is 58.0 Å². The van der Waals surface area contributed by atoms with Crippen LogP contribution in [0.15, 0.2) is 67.1 Å². The lowest BCUT2D eigenvalue weighted by atomic mass is 9.99. The number of halogens is 2. The third-order valence-corrected chi connectivity index (χ3v) is 20.3. The minimum Gasteiger partial charge on any atom is -0.480 e. The zero-order valence-electron chi connectivity index (χ0n) is 78.8. The van der Waals surface area contributed by atoms with Crippen molar-refractivity contribution in [3.05, 3.63) is 87.7 Å². The number of nitrogens with zero attached hydrogens (tertiary/aromatic N) is 10. The Morgan fingerprint density at radius 2 is 0.793 bits per heavy atom. The minimum atomic E-state index is -1.22. The lowest BCUT2D eigenvalue weighted by Crippen LogP contribution is -2.53. The molecule has 4 saturated heterocycles. The molecule has 45 nitrogen and oxygen atoms in total. The smallest absolute Gasteiger partial charge is 0.412 e. The summed E-state index contributed by atoms with van der Waals surface area (Å²) in [5.74, 6) is -10.3. The summed E-state index contributed by atoms with van der Waals surface area (Å²) in [6.45, 7) is 32.1. The second-order valence-corrected chi connectivity index (χ2v) is 35.7. The van der Waals surface area contributed by atoms with Crippen LogP contribution in [0.2, 0.25) is 0 Å². The molecule has 0 spiro atoms. The number of nitrogens with one attached hydrogen (secondary N) is 4. The lowest BCUT2D eigenvalue weighted by Gasteiger charge is -2.35. The summed E-state index contributed by atoms with van der Waals surface area (Å²) in [4.78, 5) is 234. The molecule has 3 aromatic heterocycles. The Morgan fingerprint density at radius 3 is 1.15 bits per heavy atom. The molecule has 5 aromatic rings. The van der Waals surface area contributed by atoms with Crippen molar-refractivity contribution in [2.45, 2.75) is 145 Å².